The second-order valence-corrected chi connectivity index (χ2v) is 8.46. The first-order chi connectivity index (χ1) is 15.2. The van der Waals surface area contributed by atoms with Gasteiger partial charge in [0, 0.05) is 25.2 Å². The molecule has 0 spiro atoms. The number of morpholine rings is 1. The van der Waals surface area contributed by atoms with Crippen LogP contribution in [0, 0.1) is 18.3 Å². The first kappa shape index (κ1) is 21.6. The number of imidazole rings is 1. The van der Waals surface area contributed by atoms with Gasteiger partial charge in [-0.05, 0) is 43.9 Å². The van der Waals surface area contributed by atoms with Crippen molar-refractivity contribution in [3.8, 4) is 6.07 Å². The Labute approximate surface area is 184 Å². The van der Waals surface area contributed by atoms with Gasteiger partial charge in [-0.25, -0.2) is 0 Å². The van der Waals surface area contributed by atoms with Crippen LogP contribution in [0.1, 0.15) is 49.3 Å². The molecule has 31 heavy (non-hydrogen) atoms. The lowest BCUT2D eigenvalue weighted by atomic mass is 9.99. The molecule has 2 N–H and O–H groups in total. The average Bonchev–Trinajstić information content (AvgIpc) is 3.18. The summed E-state index contributed by atoms with van der Waals surface area (Å²) in [5.74, 6) is 1.14. The van der Waals surface area contributed by atoms with Crippen molar-refractivity contribution in [3.05, 3.63) is 41.0 Å². The highest BCUT2D eigenvalue weighted by Gasteiger charge is 2.25. The fraction of sp³-hybridized carbons (Fsp3) is 0.520. The molecule has 1 aliphatic heterocycles. The van der Waals surface area contributed by atoms with E-state index >= 15 is 0 Å². The van der Waals surface area contributed by atoms with Gasteiger partial charge in [0.15, 0.2) is 0 Å². The van der Waals surface area contributed by atoms with Gasteiger partial charge < -0.3 is 10.1 Å². The molecule has 6 heteroatoms. The maximum atomic E-state index is 9.97. The summed E-state index contributed by atoms with van der Waals surface area (Å²) in [5.41, 5.74) is 6.18. The van der Waals surface area contributed by atoms with Crippen molar-refractivity contribution in [2.75, 3.05) is 44.7 Å². The van der Waals surface area contributed by atoms with E-state index in [0.717, 1.165) is 92.3 Å². The van der Waals surface area contributed by atoms with Crippen molar-refractivity contribution >= 4 is 22.5 Å². The highest BCUT2D eigenvalue weighted by atomic mass is 16.5. The minimum absolute atomic E-state index is 0.751. The van der Waals surface area contributed by atoms with Crippen LogP contribution >= 0.6 is 0 Å². The lowest BCUT2D eigenvalue weighted by molar-refractivity contribution is -0.465. The molecule has 1 aliphatic rings. The largest absolute Gasteiger partial charge is 0.379 e. The number of anilines is 1. The van der Waals surface area contributed by atoms with Crippen molar-refractivity contribution in [3.63, 3.8) is 0 Å². The predicted octanol–water partition coefficient (Wildman–Crippen LogP) is 3.95. The molecular weight excluding hydrogens is 386 g/mol. The van der Waals surface area contributed by atoms with E-state index in [4.69, 9.17) is 4.74 Å². The number of rotatable bonds is 9. The SMILES string of the molecule is CCCCCc1c(C)c(C#N)c2[nH]c3ccccc3[n+]2c1NCCCN1CCOCC1. The summed E-state index contributed by atoms with van der Waals surface area (Å²) in [6.45, 7) is 10.1. The van der Waals surface area contributed by atoms with Gasteiger partial charge in [-0.2, -0.15) is 9.66 Å². The normalized spacial score (nSPS) is 14.9. The van der Waals surface area contributed by atoms with Gasteiger partial charge in [0.1, 0.15) is 22.7 Å². The number of hydrogen-bond acceptors (Lipinski definition) is 4. The van der Waals surface area contributed by atoms with Gasteiger partial charge >= 0.3 is 0 Å². The Kier molecular flexibility index (Phi) is 7.06. The predicted molar refractivity (Wildman–Crippen MR) is 125 cm³/mol. The minimum Gasteiger partial charge on any atom is -0.379 e. The van der Waals surface area contributed by atoms with Crippen LogP contribution < -0.4 is 9.72 Å². The quantitative estimate of drug-likeness (QED) is 0.406. The number of benzene rings is 1. The van der Waals surface area contributed by atoms with Crippen molar-refractivity contribution in [1.29, 1.82) is 5.26 Å². The monoisotopic (exact) mass is 420 g/mol. The molecule has 3 aromatic rings. The van der Waals surface area contributed by atoms with Crippen LogP contribution in [0.5, 0.6) is 0 Å². The number of pyridine rings is 1. The molecule has 0 unspecified atom stereocenters. The van der Waals surface area contributed by atoms with E-state index < -0.39 is 0 Å². The van der Waals surface area contributed by atoms with Crippen molar-refractivity contribution in [1.82, 2.24) is 9.88 Å². The number of para-hydroxylation sites is 2. The molecule has 0 amide bonds. The van der Waals surface area contributed by atoms with Gasteiger partial charge in [0.05, 0.1) is 19.8 Å². The molecule has 2 aromatic heterocycles. The van der Waals surface area contributed by atoms with Gasteiger partial charge in [-0.1, -0.05) is 31.9 Å². The summed E-state index contributed by atoms with van der Waals surface area (Å²) in [5, 5.41) is 13.7. The Bertz CT molecular complexity index is 1080. The smallest absolute Gasteiger partial charge is 0.250 e. The summed E-state index contributed by atoms with van der Waals surface area (Å²) >= 11 is 0. The first-order valence-corrected chi connectivity index (χ1v) is 11.7. The topological polar surface area (TPSA) is 68.2 Å². The van der Waals surface area contributed by atoms with E-state index in [2.05, 4.69) is 57.7 Å². The Morgan fingerprint density at radius 3 is 2.77 bits per heavy atom. The molecule has 164 valence electrons. The molecule has 6 nitrogen and oxygen atoms in total. The van der Waals surface area contributed by atoms with Crippen molar-refractivity contribution < 1.29 is 9.14 Å². The van der Waals surface area contributed by atoms with E-state index in [1.165, 1.54) is 18.4 Å². The maximum Gasteiger partial charge on any atom is 0.250 e. The molecule has 3 heterocycles. The molecule has 1 fully saturated rings. The molecule has 0 atom stereocenters. The van der Waals surface area contributed by atoms with E-state index in [1.807, 2.05) is 6.07 Å². The molecule has 0 aliphatic carbocycles. The van der Waals surface area contributed by atoms with E-state index in [1.54, 1.807) is 0 Å². The summed E-state index contributed by atoms with van der Waals surface area (Å²) in [6, 6.07) is 10.8. The number of H-pyrrole nitrogens is 1. The molecule has 1 saturated heterocycles. The Morgan fingerprint density at radius 1 is 1.19 bits per heavy atom. The Morgan fingerprint density at radius 2 is 2.00 bits per heavy atom. The third kappa shape index (κ3) is 4.53. The van der Waals surface area contributed by atoms with Crippen LogP contribution in [-0.4, -0.2) is 49.3 Å². The number of hydrogen-bond donors (Lipinski definition) is 2. The zero-order valence-corrected chi connectivity index (χ0v) is 18.8. The van der Waals surface area contributed by atoms with Crippen LogP contribution in [-0.2, 0) is 11.2 Å². The van der Waals surface area contributed by atoms with Gasteiger partial charge in [-0.15, -0.1) is 0 Å². The molecule has 0 radical (unpaired) electrons. The summed E-state index contributed by atoms with van der Waals surface area (Å²) in [4.78, 5) is 5.97. The second kappa shape index (κ2) is 10.1. The molecule has 0 saturated carbocycles. The van der Waals surface area contributed by atoms with Crippen molar-refractivity contribution in [2.45, 2.75) is 46.0 Å². The number of nitrogens with zero attached hydrogens (tertiary/aromatic N) is 3. The number of nitrogens with one attached hydrogen (secondary N) is 2. The second-order valence-electron chi connectivity index (χ2n) is 8.46. The summed E-state index contributed by atoms with van der Waals surface area (Å²) < 4.78 is 7.70. The molecule has 4 rings (SSSR count). The minimum atomic E-state index is 0.751. The molecule has 1 aromatic carbocycles. The number of aromatic nitrogens is 2. The average molecular weight is 421 g/mol. The molecular formula is C25H34N5O+. The fourth-order valence-corrected chi connectivity index (χ4v) is 4.64. The van der Waals surface area contributed by atoms with Gasteiger partial charge in [0.25, 0.3) is 0 Å². The number of fused-ring (bicyclic) bond motifs is 3. The van der Waals surface area contributed by atoms with Crippen LogP contribution in [0.2, 0.25) is 0 Å². The highest BCUT2D eigenvalue weighted by molar-refractivity contribution is 5.78. The first-order valence-electron chi connectivity index (χ1n) is 11.7. The lowest BCUT2D eigenvalue weighted by Crippen LogP contribution is -2.37. The lowest BCUT2D eigenvalue weighted by Gasteiger charge is -2.26. The van der Waals surface area contributed by atoms with E-state index in [9.17, 15) is 5.26 Å². The molecule has 0 bridgehead atoms. The third-order valence-electron chi connectivity index (χ3n) is 6.38. The van der Waals surface area contributed by atoms with Crippen LogP contribution in [0.3, 0.4) is 0 Å². The van der Waals surface area contributed by atoms with Crippen LogP contribution in [0.15, 0.2) is 24.3 Å². The Hall–Kier alpha value is -2.62. The maximum absolute atomic E-state index is 9.97. The van der Waals surface area contributed by atoms with Gasteiger partial charge in [0.2, 0.25) is 11.5 Å². The van der Waals surface area contributed by atoms with Crippen LogP contribution in [0.4, 0.5) is 5.82 Å². The van der Waals surface area contributed by atoms with Crippen molar-refractivity contribution in [2.24, 2.45) is 0 Å². The number of aromatic amines is 1. The standard InChI is InChI=1S/C25H33N5O/c1-3-4-5-9-20-19(2)21(18-26)25-28-22-10-6-7-11-23(22)30(25)24(20)27-12-8-13-29-14-16-31-17-15-29/h6-7,10-11H,3-5,8-9,12-17H2,1-2H3,(H,27,28)/p+1. The highest BCUT2D eigenvalue weighted by Crippen LogP contribution is 2.27. The van der Waals surface area contributed by atoms with E-state index in [0.29, 0.717) is 0 Å². The third-order valence-corrected chi connectivity index (χ3v) is 6.38. The number of ether oxygens (including phenoxy) is 1. The summed E-state index contributed by atoms with van der Waals surface area (Å²) in [7, 11) is 0. The fourth-order valence-electron chi connectivity index (χ4n) is 4.64. The zero-order valence-electron chi connectivity index (χ0n) is 18.8. The number of unbranched alkanes of at least 4 members (excludes halogenated alkanes) is 2. The summed E-state index contributed by atoms with van der Waals surface area (Å²) in [6.07, 6.45) is 5.60. The van der Waals surface area contributed by atoms with E-state index in [-0.39, 0.29) is 0 Å². The Balaban J connectivity index is 1.69. The number of nitriles is 1. The zero-order chi connectivity index (χ0) is 21.6. The van der Waals surface area contributed by atoms with Gasteiger partial charge in [-0.3, -0.25) is 9.88 Å². The van der Waals surface area contributed by atoms with Crippen LogP contribution in [0.25, 0.3) is 16.7 Å².